The molecule has 0 radical (unpaired) electrons. The molecule has 26 heavy (non-hydrogen) atoms. The van der Waals surface area contributed by atoms with E-state index in [1.165, 1.54) is 17.7 Å². The van der Waals surface area contributed by atoms with Gasteiger partial charge < -0.3 is 9.73 Å². The van der Waals surface area contributed by atoms with Gasteiger partial charge in [0.1, 0.15) is 5.58 Å². The lowest BCUT2D eigenvalue weighted by molar-refractivity contribution is 0.0912. The van der Waals surface area contributed by atoms with Gasteiger partial charge in [-0.3, -0.25) is 9.69 Å². The van der Waals surface area contributed by atoms with Crippen molar-refractivity contribution in [2.24, 2.45) is 0 Å². The first-order chi connectivity index (χ1) is 12.6. The van der Waals surface area contributed by atoms with E-state index in [0.29, 0.717) is 12.3 Å². The first-order valence-electron chi connectivity index (χ1n) is 9.19. The molecular weight excluding hydrogens is 344 g/mol. The molecule has 0 aliphatic carbocycles. The molecule has 0 bridgehead atoms. The zero-order valence-corrected chi connectivity index (χ0v) is 16.1. The largest absolute Gasteiger partial charge is 0.451 e. The zero-order chi connectivity index (χ0) is 18.1. The van der Waals surface area contributed by atoms with Crippen LogP contribution in [0.25, 0.3) is 11.0 Å². The van der Waals surface area contributed by atoms with E-state index < -0.39 is 0 Å². The number of rotatable bonds is 5. The highest BCUT2D eigenvalue weighted by molar-refractivity contribution is 7.10. The van der Waals surface area contributed by atoms with Crippen LogP contribution in [0.2, 0.25) is 0 Å². The summed E-state index contributed by atoms with van der Waals surface area (Å²) in [5.41, 5.74) is 2.82. The van der Waals surface area contributed by atoms with Gasteiger partial charge in [-0.15, -0.1) is 11.3 Å². The van der Waals surface area contributed by atoms with Crippen LogP contribution in [0.4, 0.5) is 0 Å². The molecule has 0 saturated carbocycles. The van der Waals surface area contributed by atoms with Crippen molar-refractivity contribution in [1.82, 2.24) is 10.2 Å². The first-order valence-corrected chi connectivity index (χ1v) is 10.1. The Morgan fingerprint density at radius 3 is 2.81 bits per heavy atom. The summed E-state index contributed by atoms with van der Waals surface area (Å²) in [6.45, 7) is 6.78. The Labute approximate surface area is 157 Å². The van der Waals surface area contributed by atoms with Crippen molar-refractivity contribution in [3.63, 3.8) is 0 Å². The van der Waals surface area contributed by atoms with E-state index in [-0.39, 0.29) is 11.9 Å². The Morgan fingerprint density at radius 2 is 2.08 bits per heavy atom. The van der Waals surface area contributed by atoms with Gasteiger partial charge in [-0.2, -0.15) is 0 Å². The van der Waals surface area contributed by atoms with Gasteiger partial charge in [0, 0.05) is 22.4 Å². The lowest BCUT2D eigenvalue weighted by Gasteiger charge is -2.26. The molecule has 1 atom stereocenters. The summed E-state index contributed by atoms with van der Waals surface area (Å²) in [6, 6.07) is 10.5. The van der Waals surface area contributed by atoms with Gasteiger partial charge in [0.15, 0.2) is 5.76 Å². The van der Waals surface area contributed by atoms with Gasteiger partial charge in [0.2, 0.25) is 0 Å². The van der Waals surface area contributed by atoms with Gasteiger partial charge >= 0.3 is 0 Å². The Morgan fingerprint density at radius 1 is 1.27 bits per heavy atom. The molecule has 1 amide bonds. The predicted octanol–water partition coefficient (Wildman–Crippen LogP) is 4.68. The SMILES string of the molecule is Cc1ccc2c(C)c(C(=O)NC[C@H](c3cccs3)N3CCCC3)oc2c1. The maximum atomic E-state index is 12.8. The molecule has 1 aliphatic rings. The summed E-state index contributed by atoms with van der Waals surface area (Å²) in [7, 11) is 0. The molecule has 1 aliphatic heterocycles. The van der Waals surface area contributed by atoms with Gasteiger partial charge in [-0.05, 0) is 62.9 Å². The van der Waals surface area contributed by atoms with E-state index in [1.54, 1.807) is 11.3 Å². The molecule has 4 nitrogen and oxygen atoms in total. The fourth-order valence-corrected chi connectivity index (χ4v) is 4.62. The molecule has 4 rings (SSSR count). The predicted molar refractivity (Wildman–Crippen MR) is 106 cm³/mol. The molecule has 1 saturated heterocycles. The zero-order valence-electron chi connectivity index (χ0n) is 15.2. The lowest BCUT2D eigenvalue weighted by atomic mass is 10.1. The third-order valence-corrected chi connectivity index (χ3v) is 6.18. The monoisotopic (exact) mass is 368 g/mol. The number of furan rings is 1. The van der Waals surface area contributed by atoms with Crippen molar-refractivity contribution < 1.29 is 9.21 Å². The van der Waals surface area contributed by atoms with E-state index in [0.717, 1.165) is 35.2 Å². The summed E-state index contributed by atoms with van der Waals surface area (Å²) >= 11 is 1.76. The van der Waals surface area contributed by atoms with Crippen LogP contribution in [0.3, 0.4) is 0 Å². The molecule has 1 fully saturated rings. The minimum atomic E-state index is -0.128. The number of fused-ring (bicyclic) bond motifs is 1. The molecule has 136 valence electrons. The second-order valence-corrected chi connectivity index (χ2v) is 8.02. The van der Waals surface area contributed by atoms with Crippen LogP contribution in [-0.2, 0) is 0 Å². The van der Waals surface area contributed by atoms with E-state index in [2.05, 4.69) is 27.7 Å². The Hall–Kier alpha value is -2.11. The number of hydrogen-bond acceptors (Lipinski definition) is 4. The topological polar surface area (TPSA) is 45.5 Å². The maximum Gasteiger partial charge on any atom is 0.287 e. The third-order valence-electron chi connectivity index (χ3n) is 5.21. The van der Waals surface area contributed by atoms with Crippen LogP contribution in [0.1, 0.15) is 45.4 Å². The maximum absolute atomic E-state index is 12.8. The van der Waals surface area contributed by atoms with Crippen molar-refractivity contribution in [2.45, 2.75) is 32.7 Å². The molecule has 2 aromatic heterocycles. The summed E-state index contributed by atoms with van der Waals surface area (Å²) in [5, 5.41) is 6.23. The van der Waals surface area contributed by atoms with Crippen molar-refractivity contribution in [1.29, 1.82) is 0 Å². The molecule has 1 N–H and O–H groups in total. The Bertz CT molecular complexity index is 908. The standard InChI is InChI=1S/C21H24N2O2S/c1-14-7-8-16-15(2)20(25-18(16)12-14)21(24)22-13-17(19-6-5-11-26-19)23-9-3-4-10-23/h5-8,11-12,17H,3-4,9-10,13H2,1-2H3,(H,22,24)/t17-/m1/s1. The smallest absolute Gasteiger partial charge is 0.287 e. The minimum absolute atomic E-state index is 0.128. The van der Waals surface area contributed by atoms with Crippen LogP contribution >= 0.6 is 11.3 Å². The molecule has 1 aromatic carbocycles. The second-order valence-electron chi connectivity index (χ2n) is 7.04. The van der Waals surface area contributed by atoms with E-state index in [1.807, 2.05) is 32.0 Å². The van der Waals surface area contributed by atoms with E-state index in [9.17, 15) is 4.79 Å². The molecule has 0 unspecified atom stereocenters. The van der Waals surface area contributed by atoms with Crippen LogP contribution in [0, 0.1) is 13.8 Å². The first kappa shape index (κ1) is 17.3. The normalized spacial score (nSPS) is 16.2. The van der Waals surface area contributed by atoms with Crippen LogP contribution in [-0.4, -0.2) is 30.4 Å². The molecule has 3 heterocycles. The summed E-state index contributed by atoms with van der Waals surface area (Å²) in [5.74, 6) is 0.300. The average Bonchev–Trinajstić information content (AvgIpc) is 3.37. The number of carbonyl (C=O) groups is 1. The van der Waals surface area contributed by atoms with Crippen molar-refractivity contribution in [3.8, 4) is 0 Å². The fourth-order valence-electron chi connectivity index (χ4n) is 3.76. The summed E-state index contributed by atoms with van der Waals surface area (Å²) in [6.07, 6.45) is 2.47. The summed E-state index contributed by atoms with van der Waals surface area (Å²) < 4.78 is 5.87. The number of likely N-dealkylation sites (tertiary alicyclic amines) is 1. The van der Waals surface area contributed by atoms with Crippen molar-refractivity contribution in [3.05, 3.63) is 57.5 Å². The number of aryl methyl sites for hydroxylation is 2. The number of thiophene rings is 1. The van der Waals surface area contributed by atoms with Gasteiger partial charge in [-0.1, -0.05) is 18.2 Å². The molecular formula is C21H24N2O2S. The highest BCUT2D eigenvalue weighted by Crippen LogP contribution is 2.29. The second kappa shape index (κ2) is 7.25. The van der Waals surface area contributed by atoms with Crippen molar-refractivity contribution >= 4 is 28.2 Å². The third kappa shape index (κ3) is 3.29. The summed E-state index contributed by atoms with van der Waals surface area (Å²) in [4.78, 5) is 16.6. The number of benzene rings is 1. The fraction of sp³-hybridized carbons (Fsp3) is 0.381. The average molecular weight is 369 g/mol. The van der Waals surface area contributed by atoms with Gasteiger partial charge in [-0.25, -0.2) is 0 Å². The minimum Gasteiger partial charge on any atom is -0.451 e. The number of amides is 1. The number of hydrogen-bond donors (Lipinski definition) is 1. The molecule has 5 heteroatoms. The highest BCUT2D eigenvalue weighted by Gasteiger charge is 2.26. The van der Waals surface area contributed by atoms with Crippen LogP contribution in [0.5, 0.6) is 0 Å². The van der Waals surface area contributed by atoms with E-state index in [4.69, 9.17) is 4.42 Å². The van der Waals surface area contributed by atoms with Crippen LogP contribution in [0.15, 0.2) is 40.1 Å². The van der Waals surface area contributed by atoms with Crippen LogP contribution < -0.4 is 5.32 Å². The Balaban J connectivity index is 1.53. The number of nitrogens with zero attached hydrogens (tertiary/aromatic N) is 1. The quantitative estimate of drug-likeness (QED) is 0.711. The highest BCUT2D eigenvalue weighted by atomic mass is 32.1. The van der Waals surface area contributed by atoms with E-state index >= 15 is 0 Å². The lowest BCUT2D eigenvalue weighted by Crippen LogP contribution is -2.36. The van der Waals surface area contributed by atoms with Gasteiger partial charge in [0.05, 0.1) is 6.04 Å². The molecule has 3 aromatic rings. The Kier molecular flexibility index (Phi) is 4.83. The number of carbonyl (C=O) groups excluding carboxylic acids is 1. The van der Waals surface area contributed by atoms with Crippen molar-refractivity contribution in [2.75, 3.05) is 19.6 Å². The van der Waals surface area contributed by atoms with Gasteiger partial charge in [0.25, 0.3) is 5.91 Å². The molecule has 0 spiro atoms. The number of nitrogens with one attached hydrogen (secondary N) is 1.